The van der Waals surface area contributed by atoms with E-state index in [2.05, 4.69) is 27.9 Å². The van der Waals surface area contributed by atoms with Crippen LogP contribution in [0.4, 0.5) is 0 Å². The lowest BCUT2D eigenvalue weighted by molar-refractivity contribution is 0.0692. The largest absolute Gasteiger partial charge is 0.454 e. The van der Waals surface area contributed by atoms with Crippen LogP contribution in [0.3, 0.4) is 0 Å². The van der Waals surface area contributed by atoms with E-state index in [1.165, 1.54) is 12.8 Å². The van der Waals surface area contributed by atoms with E-state index in [1.54, 1.807) is 0 Å². The maximum Gasteiger partial charge on any atom is 0.164 e. The summed E-state index contributed by atoms with van der Waals surface area (Å²) < 4.78 is 6.38. The zero-order valence-electron chi connectivity index (χ0n) is 9.29. The van der Waals surface area contributed by atoms with Crippen LogP contribution in [0.5, 0.6) is 0 Å². The van der Waals surface area contributed by atoms with Gasteiger partial charge in [0.25, 0.3) is 0 Å². The van der Waals surface area contributed by atoms with Crippen molar-refractivity contribution < 1.29 is 9.52 Å². The molecule has 0 radical (unpaired) electrons. The molecule has 0 amide bonds. The molecule has 90 valence electrons. The Bertz CT molecular complexity index is 327. The molecule has 1 aromatic rings. The summed E-state index contributed by atoms with van der Waals surface area (Å²) in [5, 5.41) is 13.2. The molecule has 2 N–H and O–H groups in total. The smallest absolute Gasteiger partial charge is 0.164 e. The van der Waals surface area contributed by atoms with E-state index in [0.29, 0.717) is 5.92 Å². The van der Waals surface area contributed by atoms with Crippen LogP contribution in [0.15, 0.2) is 16.5 Å². The monoisotopic (exact) mass is 335 g/mol. The predicted molar refractivity (Wildman–Crippen MR) is 71.1 cm³/mol. The number of aliphatic hydroxyl groups excluding tert-OH is 1. The lowest BCUT2D eigenvalue weighted by Gasteiger charge is -2.27. The first-order valence-electron chi connectivity index (χ1n) is 5.88. The van der Waals surface area contributed by atoms with Gasteiger partial charge in [-0.3, -0.25) is 0 Å². The van der Waals surface area contributed by atoms with Crippen molar-refractivity contribution in [3.8, 4) is 0 Å². The molecular formula is C12H18INO2. The van der Waals surface area contributed by atoms with Crippen molar-refractivity contribution in [1.29, 1.82) is 0 Å². The van der Waals surface area contributed by atoms with Crippen molar-refractivity contribution in [2.24, 2.45) is 5.92 Å². The minimum Gasteiger partial charge on any atom is -0.454 e. The Morgan fingerprint density at radius 2 is 2.19 bits per heavy atom. The number of hydrogen-bond acceptors (Lipinski definition) is 3. The third kappa shape index (κ3) is 3.46. The average molecular weight is 335 g/mol. The second-order valence-corrected chi connectivity index (χ2v) is 5.51. The summed E-state index contributed by atoms with van der Waals surface area (Å²) in [5.41, 5.74) is 0. The van der Waals surface area contributed by atoms with Gasteiger partial charge in [0.15, 0.2) is 3.77 Å². The number of furan rings is 1. The molecule has 1 saturated carbocycles. The molecule has 1 aromatic heterocycles. The second kappa shape index (κ2) is 6.02. The summed E-state index contributed by atoms with van der Waals surface area (Å²) in [7, 11) is 0. The van der Waals surface area contributed by atoms with Gasteiger partial charge in [-0.1, -0.05) is 12.8 Å². The van der Waals surface area contributed by atoms with Crippen LogP contribution in [0, 0.1) is 9.68 Å². The minimum atomic E-state index is -0.113. The number of rotatable bonds is 4. The Hall–Kier alpha value is -0.0700. The summed E-state index contributed by atoms with van der Waals surface area (Å²) in [6, 6.07) is 3.96. The number of nitrogens with one attached hydrogen (secondary N) is 1. The normalized spacial score (nSPS) is 25.9. The molecular weight excluding hydrogens is 317 g/mol. The Morgan fingerprint density at radius 1 is 1.38 bits per heavy atom. The zero-order chi connectivity index (χ0) is 11.4. The van der Waals surface area contributed by atoms with Gasteiger partial charge in [-0.05, 0) is 53.5 Å². The quantitative estimate of drug-likeness (QED) is 0.832. The summed E-state index contributed by atoms with van der Waals surface area (Å²) in [6.07, 6.45) is 4.42. The zero-order valence-corrected chi connectivity index (χ0v) is 11.4. The van der Waals surface area contributed by atoms with E-state index in [-0.39, 0.29) is 6.10 Å². The van der Waals surface area contributed by atoms with Crippen LogP contribution in [-0.2, 0) is 6.54 Å². The van der Waals surface area contributed by atoms with Crippen molar-refractivity contribution in [3.63, 3.8) is 0 Å². The molecule has 0 saturated heterocycles. The SMILES string of the molecule is OC1CCCCC1CNCc1ccc(I)o1. The highest BCUT2D eigenvalue weighted by Gasteiger charge is 2.22. The van der Waals surface area contributed by atoms with Gasteiger partial charge in [0.05, 0.1) is 12.6 Å². The average Bonchev–Trinajstić information content (AvgIpc) is 2.67. The van der Waals surface area contributed by atoms with Crippen LogP contribution in [-0.4, -0.2) is 17.8 Å². The molecule has 1 fully saturated rings. The highest BCUT2D eigenvalue weighted by Crippen LogP contribution is 2.23. The van der Waals surface area contributed by atoms with E-state index in [4.69, 9.17) is 4.42 Å². The van der Waals surface area contributed by atoms with Gasteiger partial charge in [0.1, 0.15) is 5.76 Å². The number of aliphatic hydroxyl groups is 1. The first-order valence-corrected chi connectivity index (χ1v) is 6.96. The number of halogens is 1. The molecule has 0 spiro atoms. The van der Waals surface area contributed by atoms with Gasteiger partial charge in [0, 0.05) is 6.54 Å². The molecule has 2 atom stereocenters. The Morgan fingerprint density at radius 3 is 2.88 bits per heavy atom. The fraction of sp³-hybridized carbons (Fsp3) is 0.667. The fourth-order valence-electron chi connectivity index (χ4n) is 2.25. The van der Waals surface area contributed by atoms with Gasteiger partial charge in [-0.2, -0.15) is 0 Å². The Kier molecular flexibility index (Phi) is 4.66. The summed E-state index contributed by atoms with van der Waals surface area (Å²) in [5.74, 6) is 1.39. The molecule has 1 aliphatic carbocycles. The van der Waals surface area contributed by atoms with Crippen LogP contribution in [0.2, 0.25) is 0 Å². The minimum absolute atomic E-state index is 0.113. The van der Waals surface area contributed by atoms with E-state index in [1.807, 2.05) is 12.1 Å². The van der Waals surface area contributed by atoms with Crippen LogP contribution < -0.4 is 5.32 Å². The molecule has 2 unspecified atom stereocenters. The standard InChI is InChI=1S/C12H18INO2/c13-12-6-5-10(16-12)8-14-7-9-3-1-2-4-11(9)15/h5-6,9,11,14-15H,1-4,7-8H2. The summed E-state index contributed by atoms with van der Waals surface area (Å²) >= 11 is 2.16. The van der Waals surface area contributed by atoms with Gasteiger partial charge in [0.2, 0.25) is 0 Å². The lowest BCUT2D eigenvalue weighted by atomic mass is 9.86. The first kappa shape index (κ1) is 12.4. The van der Waals surface area contributed by atoms with Gasteiger partial charge in [-0.25, -0.2) is 0 Å². The fourth-order valence-corrected chi connectivity index (χ4v) is 2.72. The first-order chi connectivity index (χ1) is 7.75. The Balaban J connectivity index is 1.71. The predicted octanol–water partition coefficient (Wildman–Crippen LogP) is 2.52. The van der Waals surface area contributed by atoms with Gasteiger partial charge >= 0.3 is 0 Å². The maximum atomic E-state index is 9.81. The van der Waals surface area contributed by atoms with Crippen molar-refractivity contribution in [3.05, 3.63) is 21.7 Å². The van der Waals surface area contributed by atoms with E-state index >= 15 is 0 Å². The number of hydrogen-bond donors (Lipinski definition) is 2. The van der Waals surface area contributed by atoms with Crippen LogP contribution >= 0.6 is 22.6 Å². The summed E-state index contributed by atoms with van der Waals surface area (Å²) in [4.78, 5) is 0. The highest BCUT2D eigenvalue weighted by molar-refractivity contribution is 14.1. The van der Waals surface area contributed by atoms with Crippen molar-refractivity contribution in [2.45, 2.75) is 38.3 Å². The van der Waals surface area contributed by atoms with E-state index in [9.17, 15) is 5.11 Å². The van der Waals surface area contributed by atoms with Gasteiger partial charge < -0.3 is 14.8 Å². The van der Waals surface area contributed by atoms with Crippen LogP contribution in [0.1, 0.15) is 31.4 Å². The topological polar surface area (TPSA) is 45.4 Å². The second-order valence-electron chi connectivity index (χ2n) is 4.45. The third-order valence-electron chi connectivity index (χ3n) is 3.20. The Labute approximate surface area is 110 Å². The van der Waals surface area contributed by atoms with Crippen molar-refractivity contribution in [2.75, 3.05) is 6.54 Å². The molecule has 3 nitrogen and oxygen atoms in total. The molecule has 0 aromatic carbocycles. The molecule has 1 aliphatic rings. The van der Waals surface area contributed by atoms with Crippen molar-refractivity contribution >= 4 is 22.6 Å². The highest BCUT2D eigenvalue weighted by atomic mass is 127. The molecule has 16 heavy (non-hydrogen) atoms. The van der Waals surface area contributed by atoms with Crippen molar-refractivity contribution in [1.82, 2.24) is 5.32 Å². The van der Waals surface area contributed by atoms with Crippen LogP contribution in [0.25, 0.3) is 0 Å². The third-order valence-corrected chi connectivity index (χ3v) is 3.78. The van der Waals surface area contributed by atoms with E-state index in [0.717, 1.165) is 35.5 Å². The van der Waals surface area contributed by atoms with E-state index < -0.39 is 0 Å². The van der Waals surface area contributed by atoms with Gasteiger partial charge in [-0.15, -0.1) is 0 Å². The molecule has 4 heteroatoms. The maximum absolute atomic E-state index is 9.81. The lowest BCUT2D eigenvalue weighted by Crippen LogP contribution is -2.33. The molecule has 0 aliphatic heterocycles. The summed E-state index contributed by atoms with van der Waals surface area (Å²) in [6.45, 7) is 1.64. The molecule has 0 bridgehead atoms. The molecule has 2 rings (SSSR count). The molecule has 1 heterocycles.